The number of hydrogen-bond acceptors (Lipinski definition) is 9. The fraction of sp³-hybridized carbons (Fsp3) is 0.444. The summed E-state index contributed by atoms with van der Waals surface area (Å²) in [6.45, 7) is 4.14. The van der Waals surface area contributed by atoms with Crippen molar-refractivity contribution in [2.75, 3.05) is 13.6 Å². The van der Waals surface area contributed by atoms with Crippen LogP contribution in [-0.2, 0) is 32.0 Å². The second kappa shape index (κ2) is 11.6. The minimum absolute atomic E-state index is 0.124. The number of esters is 2. The number of nitrogens with zero attached hydrogens (tertiary/aromatic N) is 2. The number of nitrogens with one attached hydrogen (secondary N) is 3. The van der Waals surface area contributed by atoms with Crippen molar-refractivity contribution in [2.24, 2.45) is 0 Å². The topological polar surface area (TPSA) is 143 Å². The van der Waals surface area contributed by atoms with Crippen LogP contribution in [0.5, 0.6) is 0 Å². The first kappa shape index (κ1) is 28.1. The highest BCUT2D eigenvalue weighted by Gasteiger charge is 2.42. The predicted molar refractivity (Wildman–Crippen MR) is 148 cm³/mol. The molecule has 13 heteroatoms. The zero-order chi connectivity index (χ0) is 28.6. The standard InChI is InChI=1S/C27H30ClN5O6S/c1-13(34)38-22-10-19(30-25(36)21-9-15-8-16(28)4-5-17(15)29-21)20(11-23(22)39-14(2)35)31-26(37)27-32-18-6-7-33(3)12-24(18)40-27/h4-5,8-9,19-20,22-23,29H,6-7,10-12H2,1-3H3,(H,30,36)(H,31,37)/t19?,20?,22-,23?/m0/s1. The molecule has 3 unspecified atom stereocenters. The number of H-pyrrole nitrogens is 1. The summed E-state index contributed by atoms with van der Waals surface area (Å²) in [7, 11) is 2.02. The highest BCUT2D eigenvalue weighted by Crippen LogP contribution is 2.28. The Morgan fingerprint density at radius 3 is 2.33 bits per heavy atom. The van der Waals surface area contributed by atoms with Crippen LogP contribution in [0.25, 0.3) is 10.9 Å². The van der Waals surface area contributed by atoms with Crippen LogP contribution in [-0.4, -0.2) is 76.5 Å². The summed E-state index contributed by atoms with van der Waals surface area (Å²) in [6, 6.07) is 5.68. The maximum absolute atomic E-state index is 13.3. The van der Waals surface area contributed by atoms with Gasteiger partial charge in [-0.3, -0.25) is 19.2 Å². The molecule has 0 spiro atoms. The zero-order valence-electron chi connectivity index (χ0n) is 22.3. The van der Waals surface area contributed by atoms with Crippen LogP contribution in [0, 0.1) is 0 Å². The minimum Gasteiger partial charge on any atom is -0.459 e. The number of thiazole rings is 1. The van der Waals surface area contributed by atoms with Crippen molar-refractivity contribution in [2.45, 2.75) is 63.9 Å². The van der Waals surface area contributed by atoms with E-state index in [1.807, 2.05) is 7.05 Å². The van der Waals surface area contributed by atoms with Gasteiger partial charge in [0.05, 0.1) is 17.8 Å². The lowest BCUT2D eigenvalue weighted by atomic mass is 9.85. The van der Waals surface area contributed by atoms with E-state index in [4.69, 9.17) is 21.1 Å². The van der Waals surface area contributed by atoms with Gasteiger partial charge in [-0.15, -0.1) is 11.3 Å². The Labute approximate surface area is 239 Å². The molecule has 11 nitrogen and oxygen atoms in total. The van der Waals surface area contributed by atoms with Crippen LogP contribution in [0.2, 0.25) is 5.02 Å². The van der Waals surface area contributed by atoms with Crippen molar-refractivity contribution in [3.05, 3.63) is 50.6 Å². The van der Waals surface area contributed by atoms with E-state index in [0.29, 0.717) is 15.7 Å². The van der Waals surface area contributed by atoms with E-state index in [0.717, 1.165) is 41.0 Å². The van der Waals surface area contributed by atoms with E-state index >= 15 is 0 Å². The van der Waals surface area contributed by atoms with E-state index < -0.39 is 42.1 Å². The van der Waals surface area contributed by atoms with E-state index in [2.05, 4.69) is 25.5 Å². The van der Waals surface area contributed by atoms with Crippen molar-refractivity contribution in [3.8, 4) is 0 Å². The van der Waals surface area contributed by atoms with Gasteiger partial charge >= 0.3 is 11.9 Å². The first-order valence-electron chi connectivity index (χ1n) is 13.0. The molecule has 2 aliphatic rings. The van der Waals surface area contributed by atoms with E-state index in [-0.39, 0.29) is 18.7 Å². The van der Waals surface area contributed by atoms with Crippen molar-refractivity contribution in [1.82, 2.24) is 25.5 Å². The van der Waals surface area contributed by atoms with E-state index in [1.54, 1.807) is 24.3 Å². The third kappa shape index (κ3) is 6.29. The Morgan fingerprint density at radius 2 is 1.68 bits per heavy atom. The van der Waals surface area contributed by atoms with Gasteiger partial charge in [-0.05, 0) is 31.3 Å². The number of carbonyl (C=O) groups excluding carboxylic acids is 4. The molecule has 1 aliphatic heterocycles. The molecule has 5 rings (SSSR count). The Morgan fingerprint density at radius 1 is 1.02 bits per heavy atom. The fourth-order valence-corrected chi connectivity index (χ4v) is 6.52. The first-order valence-corrected chi connectivity index (χ1v) is 14.2. The highest BCUT2D eigenvalue weighted by molar-refractivity contribution is 7.13. The molecular weight excluding hydrogens is 558 g/mol. The van der Waals surface area contributed by atoms with Crippen molar-refractivity contribution >= 4 is 57.6 Å². The van der Waals surface area contributed by atoms with Crippen LogP contribution in [0.3, 0.4) is 0 Å². The second-order valence-corrected chi connectivity index (χ2v) is 11.7. The van der Waals surface area contributed by atoms with Gasteiger partial charge in [-0.25, -0.2) is 4.98 Å². The van der Waals surface area contributed by atoms with Gasteiger partial charge in [0.1, 0.15) is 17.9 Å². The average Bonchev–Trinajstić information content (AvgIpc) is 3.49. The summed E-state index contributed by atoms with van der Waals surface area (Å²) < 4.78 is 10.9. The lowest BCUT2D eigenvalue weighted by Gasteiger charge is -2.40. The average molecular weight is 588 g/mol. The predicted octanol–water partition coefficient (Wildman–Crippen LogP) is 2.82. The highest BCUT2D eigenvalue weighted by atomic mass is 35.5. The Balaban J connectivity index is 1.39. The SMILES string of the molecule is CC(=O)OC1CC(NC(=O)c2nc3c(s2)CN(C)CC3)C(NC(=O)c2cc3cc(Cl)ccc3[nH]2)C[C@@H]1OC(C)=O. The third-order valence-corrected chi connectivity index (χ3v) is 8.40. The largest absolute Gasteiger partial charge is 0.459 e. The zero-order valence-corrected chi connectivity index (χ0v) is 23.9. The number of rotatable bonds is 6. The number of halogens is 1. The molecule has 4 atom stereocenters. The lowest BCUT2D eigenvalue weighted by Crippen LogP contribution is -2.60. The molecule has 2 aromatic heterocycles. The number of aromatic nitrogens is 2. The summed E-state index contributed by atoms with van der Waals surface area (Å²) in [5, 5.41) is 7.63. The smallest absolute Gasteiger partial charge is 0.303 e. The third-order valence-electron chi connectivity index (χ3n) is 7.08. The number of benzene rings is 1. The molecule has 0 bridgehead atoms. The Hall–Kier alpha value is -3.48. The van der Waals surface area contributed by atoms with Gasteiger partial charge in [0.25, 0.3) is 11.8 Å². The molecule has 3 aromatic rings. The Bertz CT molecular complexity index is 1470. The molecule has 0 saturated heterocycles. The van der Waals surface area contributed by atoms with Crippen molar-refractivity contribution < 1.29 is 28.7 Å². The van der Waals surface area contributed by atoms with Gasteiger partial charge in [-0.1, -0.05) is 11.6 Å². The van der Waals surface area contributed by atoms with Gasteiger partial charge in [0, 0.05) is 67.0 Å². The van der Waals surface area contributed by atoms with Crippen LogP contribution < -0.4 is 10.6 Å². The normalized spacial score (nSPS) is 22.8. The minimum atomic E-state index is -0.802. The van der Waals surface area contributed by atoms with Crippen molar-refractivity contribution in [1.29, 1.82) is 0 Å². The lowest BCUT2D eigenvalue weighted by molar-refractivity contribution is -0.170. The number of amides is 2. The molecule has 2 amide bonds. The summed E-state index contributed by atoms with van der Waals surface area (Å²) in [5.41, 5.74) is 1.98. The van der Waals surface area contributed by atoms with Gasteiger partial charge in [-0.2, -0.15) is 0 Å². The first-order chi connectivity index (χ1) is 19.0. The molecule has 1 aliphatic carbocycles. The van der Waals surface area contributed by atoms with E-state index in [9.17, 15) is 19.2 Å². The van der Waals surface area contributed by atoms with Gasteiger partial charge in [0.2, 0.25) is 0 Å². The molecule has 212 valence electrons. The van der Waals surface area contributed by atoms with Gasteiger partial charge in [0.15, 0.2) is 5.01 Å². The number of ether oxygens (including phenoxy) is 2. The van der Waals surface area contributed by atoms with Crippen LogP contribution in [0.15, 0.2) is 24.3 Å². The number of carbonyl (C=O) groups is 4. The summed E-state index contributed by atoms with van der Waals surface area (Å²) >= 11 is 7.44. The van der Waals surface area contributed by atoms with E-state index in [1.165, 1.54) is 25.2 Å². The quantitative estimate of drug-likeness (QED) is 0.374. The molecule has 0 radical (unpaired) electrons. The summed E-state index contributed by atoms with van der Waals surface area (Å²) in [5.74, 6) is -1.86. The monoisotopic (exact) mass is 587 g/mol. The Kier molecular flexibility index (Phi) is 8.11. The molecule has 3 N–H and O–H groups in total. The van der Waals surface area contributed by atoms with Crippen LogP contribution in [0.1, 0.15) is 57.6 Å². The number of aromatic amines is 1. The fourth-order valence-electron chi connectivity index (χ4n) is 5.25. The summed E-state index contributed by atoms with van der Waals surface area (Å²) in [6.07, 6.45) is -0.576. The number of hydrogen-bond donors (Lipinski definition) is 3. The summed E-state index contributed by atoms with van der Waals surface area (Å²) in [4.78, 5) is 61.2. The molecular formula is C27H30ClN5O6S. The number of likely N-dealkylation sites (N-methyl/N-ethyl adjacent to an activating group) is 1. The maximum Gasteiger partial charge on any atom is 0.303 e. The van der Waals surface area contributed by atoms with Crippen LogP contribution in [0.4, 0.5) is 0 Å². The molecule has 1 saturated carbocycles. The van der Waals surface area contributed by atoms with Crippen molar-refractivity contribution in [3.63, 3.8) is 0 Å². The second-order valence-electron chi connectivity index (χ2n) is 10.2. The van der Waals surface area contributed by atoms with Crippen LogP contribution >= 0.6 is 22.9 Å². The molecule has 40 heavy (non-hydrogen) atoms. The number of fused-ring (bicyclic) bond motifs is 2. The maximum atomic E-state index is 13.3. The molecule has 1 aromatic carbocycles. The molecule has 1 fully saturated rings. The van der Waals surface area contributed by atoms with Gasteiger partial charge < -0.3 is 30.0 Å². The molecule has 3 heterocycles.